The molecule has 2 unspecified atom stereocenters. The van der Waals surface area contributed by atoms with Gasteiger partial charge in [0.1, 0.15) is 0 Å². The standard InChI is InChI=1S/C15H30N2/c1-4-14-10-16-15(12(2)3)11-17(14)9-8-13-6-5-7-13/h12-16H,4-11H2,1-3H3. The van der Waals surface area contributed by atoms with Gasteiger partial charge in [0.05, 0.1) is 0 Å². The van der Waals surface area contributed by atoms with Gasteiger partial charge in [-0.05, 0) is 31.2 Å². The number of hydrogen-bond acceptors (Lipinski definition) is 2. The molecule has 2 rings (SSSR count). The van der Waals surface area contributed by atoms with Gasteiger partial charge in [0.25, 0.3) is 0 Å². The average molecular weight is 238 g/mol. The number of hydrogen-bond donors (Lipinski definition) is 1. The molecule has 0 amide bonds. The molecule has 2 aliphatic rings. The Morgan fingerprint density at radius 1 is 1.29 bits per heavy atom. The normalized spacial score (nSPS) is 31.8. The van der Waals surface area contributed by atoms with Gasteiger partial charge in [-0.1, -0.05) is 40.0 Å². The summed E-state index contributed by atoms with van der Waals surface area (Å²) in [7, 11) is 0. The summed E-state index contributed by atoms with van der Waals surface area (Å²) in [6.07, 6.45) is 7.22. The van der Waals surface area contributed by atoms with Crippen molar-refractivity contribution in [1.29, 1.82) is 0 Å². The molecule has 0 aromatic carbocycles. The Morgan fingerprint density at radius 2 is 2.06 bits per heavy atom. The summed E-state index contributed by atoms with van der Waals surface area (Å²) in [6, 6.07) is 1.49. The van der Waals surface area contributed by atoms with Gasteiger partial charge in [-0.15, -0.1) is 0 Å². The van der Waals surface area contributed by atoms with Crippen LogP contribution in [0, 0.1) is 11.8 Å². The van der Waals surface area contributed by atoms with E-state index in [1.807, 2.05) is 0 Å². The van der Waals surface area contributed by atoms with Crippen molar-refractivity contribution in [1.82, 2.24) is 10.2 Å². The van der Waals surface area contributed by atoms with Crippen LogP contribution in [0.1, 0.15) is 52.9 Å². The number of nitrogens with zero attached hydrogens (tertiary/aromatic N) is 1. The van der Waals surface area contributed by atoms with Crippen LogP contribution in [0.25, 0.3) is 0 Å². The molecule has 2 atom stereocenters. The molecule has 1 N–H and O–H groups in total. The highest BCUT2D eigenvalue weighted by atomic mass is 15.2. The molecule has 100 valence electrons. The summed E-state index contributed by atoms with van der Waals surface area (Å²) >= 11 is 0. The Morgan fingerprint density at radius 3 is 2.59 bits per heavy atom. The highest BCUT2D eigenvalue weighted by molar-refractivity contribution is 4.87. The lowest BCUT2D eigenvalue weighted by Crippen LogP contribution is -2.58. The fraction of sp³-hybridized carbons (Fsp3) is 1.00. The summed E-state index contributed by atoms with van der Waals surface area (Å²) in [5.74, 6) is 1.82. The second kappa shape index (κ2) is 6.19. The molecule has 0 aromatic rings. The number of nitrogens with one attached hydrogen (secondary N) is 1. The van der Waals surface area contributed by atoms with E-state index >= 15 is 0 Å². The van der Waals surface area contributed by atoms with Crippen molar-refractivity contribution in [2.24, 2.45) is 11.8 Å². The fourth-order valence-electron chi connectivity index (χ4n) is 3.14. The first-order valence-electron chi connectivity index (χ1n) is 7.68. The van der Waals surface area contributed by atoms with E-state index in [1.165, 1.54) is 51.7 Å². The molecule has 0 radical (unpaired) electrons. The topological polar surface area (TPSA) is 15.3 Å². The van der Waals surface area contributed by atoms with Crippen LogP contribution < -0.4 is 5.32 Å². The van der Waals surface area contributed by atoms with E-state index < -0.39 is 0 Å². The van der Waals surface area contributed by atoms with Gasteiger partial charge < -0.3 is 5.32 Å². The van der Waals surface area contributed by atoms with Crippen molar-refractivity contribution in [2.45, 2.75) is 65.0 Å². The van der Waals surface area contributed by atoms with E-state index in [1.54, 1.807) is 0 Å². The minimum absolute atomic E-state index is 0.708. The largest absolute Gasteiger partial charge is 0.311 e. The first-order chi connectivity index (χ1) is 8.20. The third-order valence-electron chi connectivity index (χ3n) is 4.89. The Labute approximate surface area is 107 Å². The van der Waals surface area contributed by atoms with Crippen LogP contribution in [0.3, 0.4) is 0 Å². The second-order valence-corrected chi connectivity index (χ2v) is 6.40. The third-order valence-corrected chi connectivity index (χ3v) is 4.89. The van der Waals surface area contributed by atoms with Crippen LogP contribution in [0.5, 0.6) is 0 Å². The van der Waals surface area contributed by atoms with Crippen molar-refractivity contribution >= 4 is 0 Å². The SMILES string of the molecule is CCC1CNC(C(C)C)CN1CCC1CCC1. The molecule has 2 nitrogen and oxygen atoms in total. The second-order valence-electron chi connectivity index (χ2n) is 6.40. The summed E-state index contributed by atoms with van der Waals surface area (Å²) in [5, 5.41) is 3.72. The van der Waals surface area contributed by atoms with Gasteiger partial charge in [0, 0.05) is 25.2 Å². The van der Waals surface area contributed by atoms with Gasteiger partial charge in [-0.25, -0.2) is 0 Å². The van der Waals surface area contributed by atoms with Crippen LogP contribution in [-0.4, -0.2) is 36.6 Å². The van der Waals surface area contributed by atoms with E-state index in [4.69, 9.17) is 0 Å². The van der Waals surface area contributed by atoms with Gasteiger partial charge >= 0.3 is 0 Å². The fourth-order valence-corrected chi connectivity index (χ4v) is 3.14. The smallest absolute Gasteiger partial charge is 0.0218 e. The van der Waals surface area contributed by atoms with Crippen molar-refractivity contribution in [3.05, 3.63) is 0 Å². The Hall–Kier alpha value is -0.0800. The minimum atomic E-state index is 0.708. The number of piperazine rings is 1. The van der Waals surface area contributed by atoms with Crippen LogP contribution in [0.4, 0.5) is 0 Å². The van der Waals surface area contributed by atoms with Gasteiger partial charge in [-0.2, -0.15) is 0 Å². The Balaban J connectivity index is 1.80. The zero-order chi connectivity index (χ0) is 12.3. The first kappa shape index (κ1) is 13.4. The van der Waals surface area contributed by atoms with E-state index in [0.717, 1.165) is 17.9 Å². The monoisotopic (exact) mass is 238 g/mol. The molecule has 2 heteroatoms. The lowest BCUT2D eigenvalue weighted by atomic mass is 9.82. The highest BCUT2D eigenvalue weighted by Gasteiger charge is 2.29. The molecule has 2 fully saturated rings. The Kier molecular flexibility index (Phi) is 4.87. The molecule has 1 saturated carbocycles. The third kappa shape index (κ3) is 3.45. The number of rotatable bonds is 5. The quantitative estimate of drug-likeness (QED) is 0.792. The average Bonchev–Trinajstić information content (AvgIpc) is 2.26. The molecular weight excluding hydrogens is 208 g/mol. The van der Waals surface area contributed by atoms with Crippen molar-refractivity contribution in [3.8, 4) is 0 Å². The van der Waals surface area contributed by atoms with Gasteiger partial charge in [-0.3, -0.25) is 4.90 Å². The molecule has 1 heterocycles. The van der Waals surface area contributed by atoms with Crippen molar-refractivity contribution < 1.29 is 0 Å². The molecular formula is C15H30N2. The molecule has 0 aromatic heterocycles. The molecule has 1 saturated heterocycles. The summed E-state index contributed by atoms with van der Waals surface area (Å²) in [4.78, 5) is 2.76. The molecule has 1 aliphatic heterocycles. The molecule has 17 heavy (non-hydrogen) atoms. The predicted molar refractivity (Wildman–Crippen MR) is 74.2 cm³/mol. The lowest BCUT2D eigenvalue weighted by Gasteiger charge is -2.42. The molecule has 0 spiro atoms. The Bertz CT molecular complexity index is 223. The van der Waals surface area contributed by atoms with Crippen LogP contribution in [-0.2, 0) is 0 Å². The van der Waals surface area contributed by atoms with E-state index in [9.17, 15) is 0 Å². The summed E-state index contributed by atoms with van der Waals surface area (Å²) in [6.45, 7) is 10.8. The zero-order valence-electron chi connectivity index (χ0n) is 11.9. The summed E-state index contributed by atoms with van der Waals surface area (Å²) in [5.41, 5.74) is 0. The highest BCUT2D eigenvalue weighted by Crippen LogP contribution is 2.30. The van der Waals surface area contributed by atoms with E-state index in [-0.39, 0.29) is 0 Å². The first-order valence-corrected chi connectivity index (χ1v) is 7.68. The van der Waals surface area contributed by atoms with E-state index in [2.05, 4.69) is 31.0 Å². The van der Waals surface area contributed by atoms with Crippen LogP contribution >= 0.6 is 0 Å². The lowest BCUT2D eigenvalue weighted by molar-refractivity contribution is 0.0968. The maximum Gasteiger partial charge on any atom is 0.0218 e. The van der Waals surface area contributed by atoms with Gasteiger partial charge in [0.2, 0.25) is 0 Å². The molecule has 0 bridgehead atoms. The maximum atomic E-state index is 3.72. The van der Waals surface area contributed by atoms with Crippen molar-refractivity contribution in [2.75, 3.05) is 19.6 Å². The van der Waals surface area contributed by atoms with Gasteiger partial charge in [0.15, 0.2) is 0 Å². The molecule has 1 aliphatic carbocycles. The van der Waals surface area contributed by atoms with Crippen LogP contribution in [0.15, 0.2) is 0 Å². The maximum absolute atomic E-state index is 3.72. The summed E-state index contributed by atoms with van der Waals surface area (Å²) < 4.78 is 0. The minimum Gasteiger partial charge on any atom is -0.311 e. The van der Waals surface area contributed by atoms with E-state index in [0.29, 0.717) is 6.04 Å². The zero-order valence-corrected chi connectivity index (χ0v) is 11.9. The van der Waals surface area contributed by atoms with Crippen molar-refractivity contribution in [3.63, 3.8) is 0 Å². The predicted octanol–water partition coefficient (Wildman–Crippen LogP) is 2.89. The van der Waals surface area contributed by atoms with Crippen LogP contribution in [0.2, 0.25) is 0 Å².